The minimum atomic E-state index is -3.56. The van der Waals surface area contributed by atoms with Crippen molar-refractivity contribution in [3.05, 3.63) is 57.0 Å². The molecule has 0 atom stereocenters. The molecule has 28 heavy (non-hydrogen) atoms. The van der Waals surface area contributed by atoms with Gasteiger partial charge in [0.05, 0.1) is 11.5 Å². The maximum absolute atomic E-state index is 12.7. The van der Waals surface area contributed by atoms with Gasteiger partial charge >= 0.3 is 0 Å². The molecule has 1 saturated heterocycles. The van der Waals surface area contributed by atoms with E-state index in [1.807, 2.05) is 0 Å². The minimum absolute atomic E-state index is 0.0365. The second kappa shape index (κ2) is 8.35. The fourth-order valence-electron chi connectivity index (χ4n) is 2.87. The van der Waals surface area contributed by atoms with Crippen LogP contribution < -0.4 is 11.1 Å². The van der Waals surface area contributed by atoms with Gasteiger partial charge in [-0.15, -0.1) is 11.3 Å². The Kier molecular flexibility index (Phi) is 6.08. The molecule has 150 valence electrons. The summed E-state index contributed by atoms with van der Waals surface area (Å²) in [6.07, 6.45) is 1.27. The summed E-state index contributed by atoms with van der Waals surface area (Å²) in [5, 5.41) is 13.5. The van der Waals surface area contributed by atoms with Gasteiger partial charge in [0.2, 0.25) is 0 Å². The van der Waals surface area contributed by atoms with E-state index in [0.717, 1.165) is 11.3 Å². The van der Waals surface area contributed by atoms with Gasteiger partial charge in [0.1, 0.15) is 4.21 Å². The predicted molar refractivity (Wildman–Crippen MR) is 105 cm³/mol. The topological polar surface area (TPSA) is 136 Å². The van der Waals surface area contributed by atoms with E-state index in [1.165, 1.54) is 34.6 Å². The summed E-state index contributed by atoms with van der Waals surface area (Å²) >= 11 is 1.10. The Hall–Kier alpha value is -2.34. The fourth-order valence-corrected chi connectivity index (χ4v) is 5.78. The molecule has 0 aliphatic carbocycles. The number of non-ortho nitro benzene ring substituents is 1. The summed E-state index contributed by atoms with van der Waals surface area (Å²) < 4.78 is 27.1. The number of piperidine rings is 1. The number of rotatable bonds is 6. The smallest absolute Gasteiger partial charge is 0.270 e. The lowest BCUT2D eigenvalue weighted by Gasteiger charge is -2.28. The number of nitrogens with zero attached hydrogens (tertiary/aromatic N) is 2. The lowest BCUT2D eigenvalue weighted by atomic mass is 10.1. The van der Waals surface area contributed by atoms with E-state index in [-0.39, 0.29) is 28.0 Å². The molecule has 0 unspecified atom stereocenters. The van der Waals surface area contributed by atoms with Gasteiger partial charge in [0.25, 0.3) is 21.6 Å². The highest BCUT2D eigenvalue weighted by atomic mass is 32.2. The lowest BCUT2D eigenvalue weighted by Crippen LogP contribution is -2.42. The average Bonchev–Trinajstić information content (AvgIpc) is 3.16. The first kappa shape index (κ1) is 20.4. The van der Waals surface area contributed by atoms with Gasteiger partial charge < -0.3 is 11.1 Å². The standard InChI is InChI=1S/C17H20N4O5S2/c18-13-6-8-20(9-7-13)28(25,26)16-5-4-15(27-16)11-19-17(22)12-2-1-3-14(10-12)21(23)24/h1-5,10,13H,6-9,11,18H2,(H,19,22). The Balaban J connectivity index is 1.64. The predicted octanol–water partition coefficient (Wildman–Crippen LogP) is 1.70. The number of sulfonamides is 1. The van der Waals surface area contributed by atoms with Crippen LogP contribution in [0.1, 0.15) is 28.1 Å². The van der Waals surface area contributed by atoms with Crippen LogP contribution in [0, 0.1) is 10.1 Å². The van der Waals surface area contributed by atoms with Crippen molar-refractivity contribution in [2.45, 2.75) is 29.6 Å². The van der Waals surface area contributed by atoms with Gasteiger partial charge in [-0.2, -0.15) is 4.31 Å². The molecule has 1 amide bonds. The first-order valence-electron chi connectivity index (χ1n) is 8.64. The van der Waals surface area contributed by atoms with Crippen molar-refractivity contribution in [1.82, 2.24) is 9.62 Å². The van der Waals surface area contributed by atoms with Gasteiger partial charge in [0.15, 0.2) is 0 Å². The van der Waals surface area contributed by atoms with Gasteiger partial charge in [-0.25, -0.2) is 8.42 Å². The molecule has 0 spiro atoms. The van der Waals surface area contributed by atoms with Crippen LogP contribution in [0.5, 0.6) is 0 Å². The molecular formula is C17H20N4O5S2. The Bertz CT molecular complexity index is 981. The monoisotopic (exact) mass is 424 g/mol. The Morgan fingerprint density at radius 2 is 2.00 bits per heavy atom. The van der Waals surface area contributed by atoms with E-state index in [9.17, 15) is 23.3 Å². The SMILES string of the molecule is NC1CCN(S(=O)(=O)c2ccc(CNC(=O)c3cccc([N+](=O)[O-])c3)s2)CC1. The molecule has 1 fully saturated rings. The van der Waals surface area contributed by atoms with Crippen molar-refractivity contribution in [3.8, 4) is 0 Å². The van der Waals surface area contributed by atoms with Crippen molar-refractivity contribution in [1.29, 1.82) is 0 Å². The minimum Gasteiger partial charge on any atom is -0.347 e. The first-order chi connectivity index (χ1) is 13.3. The van der Waals surface area contributed by atoms with Gasteiger partial charge in [-0.1, -0.05) is 6.07 Å². The van der Waals surface area contributed by atoms with Crippen LogP contribution in [0.3, 0.4) is 0 Å². The van der Waals surface area contributed by atoms with Crippen LogP contribution in [0.2, 0.25) is 0 Å². The van der Waals surface area contributed by atoms with Crippen LogP contribution in [-0.2, 0) is 16.6 Å². The molecule has 0 saturated carbocycles. The number of hydrogen-bond donors (Lipinski definition) is 2. The van der Waals surface area contributed by atoms with Crippen molar-refractivity contribution in [2.75, 3.05) is 13.1 Å². The van der Waals surface area contributed by atoms with Crippen LogP contribution >= 0.6 is 11.3 Å². The number of nitrogens with two attached hydrogens (primary N) is 1. The number of hydrogen-bond acceptors (Lipinski definition) is 7. The molecule has 2 heterocycles. The zero-order valence-electron chi connectivity index (χ0n) is 14.9. The number of amides is 1. The highest BCUT2D eigenvalue weighted by molar-refractivity contribution is 7.91. The number of nitro benzene ring substituents is 1. The Morgan fingerprint density at radius 1 is 1.29 bits per heavy atom. The maximum Gasteiger partial charge on any atom is 0.270 e. The molecule has 0 radical (unpaired) electrons. The van der Waals surface area contributed by atoms with Crippen LogP contribution in [0.4, 0.5) is 5.69 Å². The summed E-state index contributed by atoms with van der Waals surface area (Å²) in [4.78, 5) is 23.1. The molecule has 9 nitrogen and oxygen atoms in total. The Labute approximate surface area is 166 Å². The van der Waals surface area contributed by atoms with Crippen LogP contribution in [-0.4, -0.2) is 42.7 Å². The Morgan fingerprint density at radius 3 is 2.68 bits per heavy atom. The highest BCUT2D eigenvalue weighted by Gasteiger charge is 2.29. The van der Waals surface area contributed by atoms with Crippen molar-refractivity contribution in [3.63, 3.8) is 0 Å². The third-order valence-electron chi connectivity index (χ3n) is 4.47. The third-order valence-corrected chi connectivity index (χ3v) is 7.92. The largest absolute Gasteiger partial charge is 0.347 e. The number of thiophene rings is 1. The van der Waals surface area contributed by atoms with Crippen molar-refractivity contribution >= 4 is 33.0 Å². The number of carbonyl (C=O) groups is 1. The highest BCUT2D eigenvalue weighted by Crippen LogP contribution is 2.27. The summed E-state index contributed by atoms with van der Waals surface area (Å²) in [5.41, 5.74) is 5.83. The summed E-state index contributed by atoms with van der Waals surface area (Å²) in [6, 6.07) is 8.64. The number of nitrogens with one attached hydrogen (secondary N) is 1. The molecule has 2 aromatic rings. The van der Waals surface area contributed by atoms with E-state index in [0.29, 0.717) is 30.8 Å². The molecule has 1 aliphatic heterocycles. The van der Waals surface area contributed by atoms with E-state index in [4.69, 9.17) is 5.73 Å². The maximum atomic E-state index is 12.7. The zero-order chi connectivity index (χ0) is 20.3. The van der Waals surface area contributed by atoms with Gasteiger partial charge in [0, 0.05) is 41.7 Å². The quantitative estimate of drug-likeness (QED) is 0.535. The van der Waals surface area contributed by atoms with E-state index >= 15 is 0 Å². The second-order valence-electron chi connectivity index (χ2n) is 6.45. The number of benzene rings is 1. The molecule has 3 N–H and O–H groups in total. The first-order valence-corrected chi connectivity index (χ1v) is 10.9. The molecule has 1 aromatic heterocycles. The summed E-state index contributed by atoms with van der Waals surface area (Å²) in [5.74, 6) is -0.466. The third kappa shape index (κ3) is 4.55. The van der Waals surface area contributed by atoms with Crippen LogP contribution in [0.25, 0.3) is 0 Å². The van der Waals surface area contributed by atoms with Gasteiger partial charge in [-0.05, 0) is 31.0 Å². The molecule has 1 aliphatic rings. The van der Waals surface area contributed by atoms with Crippen molar-refractivity contribution < 1.29 is 18.1 Å². The van der Waals surface area contributed by atoms with E-state index < -0.39 is 20.9 Å². The van der Waals surface area contributed by atoms with Gasteiger partial charge in [-0.3, -0.25) is 14.9 Å². The number of nitro groups is 1. The molecule has 0 bridgehead atoms. The van der Waals surface area contributed by atoms with E-state index in [1.54, 1.807) is 6.07 Å². The molecular weight excluding hydrogens is 404 g/mol. The van der Waals surface area contributed by atoms with E-state index in [2.05, 4.69) is 5.32 Å². The second-order valence-corrected chi connectivity index (χ2v) is 9.79. The molecule has 1 aromatic carbocycles. The average molecular weight is 425 g/mol. The zero-order valence-corrected chi connectivity index (χ0v) is 16.5. The molecule has 3 rings (SSSR count). The lowest BCUT2D eigenvalue weighted by molar-refractivity contribution is -0.384. The van der Waals surface area contributed by atoms with Crippen LogP contribution in [0.15, 0.2) is 40.6 Å². The molecule has 11 heteroatoms. The summed E-state index contributed by atoms with van der Waals surface area (Å²) in [7, 11) is -3.56. The number of carbonyl (C=O) groups excluding carboxylic acids is 1. The van der Waals surface area contributed by atoms with Crippen molar-refractivity contribution in [2.24, 2.45) is 5.73 Å². The summed E-state index contributed by atoms with van der Waals surface area (Å²) in [6.45, 7) is 0.938. The fraction of sp³-hybridized carbons (Fsp3) is 0.353. The normalized spacial score (nSPS) is 16.0.